The number of hydrogen-bond acceptors (Lipinski definition) is 6. The molecule has 0 bridgehead atoms. The van der Waals surface area contributed by atoms with Gasteiger partial charge in [-0.1, -0.05) is 35.4 Å². The van der Waals surface area contributed by atoms with Crippen LogP contribution in [-0.4, -0.2) is 38.6 Å². The van der Waals surface area contributed by atoms with Crippen molar-refractivity contribution in [3.8, 4) is 11.5 Å². The predicted octanol–water partition coefficient (Wildman–Crippen LogP) is 4.01. The van der Waals surface area contributed by atoms with Crippen molar-refractivity contribution in [3.63, 3.8) is 0 Å². The van der Waals surface area contributed by atoms with Crippen molar-refractivity contribution in [1.29, 1.82) is 0 Å². The first-order valence-electron chi connectivity index (χ1n) is 9.21. The van der Waals surface area contributed by atoms with Gasteiger partial charge in [0.1, 0.15) is 25.7 Å². The molecule has 2 rings (SSSR count). The Balaban J connectivity index is 2.35. The summed E-state index contributed by atoms with van der Waals surface area (Å²) >= 11 is 0. The Bertz CT molecular complexity index is 922. The van der Waals surface area contributed by atoms with Crippen molar-refractivity contribution in [1.82, 2.24) is 5.32 Å². The summed E-state index contributed by atoms with van der Waals surface area (Å²) in [7, 11) is 4.49. The van der Waals surface area contributed by atoms with E-state index in [1.807, 2.05) is 51.1 Å². The van der Waals surface area contributed by atoms with Crippen molar-refractivity contribution in [2.24, 2.45) is 10.3 Å². The third kappa shape index (κ3) is 5.34. The summed E-state index contributed by atoms with van der Waals surface area (Å²) in [6, 6.07) is 13.3. The van der Waals surface area contributed by atoms with Crippen molar-refractivity contribution in [2.75, 3.05) is 21.3 Å². The van der Waals surface area contributed by atoms with Crippen LogP contribution in [0, 0.1) is 6.92 Å². The van der Waals surface area contributed by atoms with Gasteiger partial charge in [-0.05, 0) is 43.7 Å². The molecule has 154 valence electrons. The third-order valence-corrected chi connectivity index (χ3v) is 4.55. The minimum Gasteiger partial charge on any atom is -0.457 e. The highest BCUT2D eigenvalue weighted by Gasteiger charge is 2.18. The van der Waals surface area contributed by atoms with Crippen LogP contribution in [0.1, 0.15) is 36.5 Å². The maximum atomic E-state index is 12.1. The zero-order valence-electron chi connectivity index (χ0n) is 17.6. The fourth-order valence-corrected chi connectivity index (χ4v) is 2.89. The maximum Gasteiger partial charge on any atom is 0.273 e. The van der Waals surface area contributed by atoms with Gasteiger partial charge >= 0.3 is 0 Å². The number of amides is 1. The van der Waals surface area contributed by atoms with E-state index < -0.39 is 0 Å². The predicted molar refractivity (Wildman–Crippen MR) is 114 cm³/mol. The van der Waals surface area contributed by atoms with Gasteiger partial charge in [-0.15, -0.1) is 0 Å². The first-order chi connectivity index (χ1) is 13.9. The van der Waals surface area contributed by atoms with Crippen LogP contribution in [0.2, 0.25) is 0 Å². The average Bonchev–Trinajstić information content (AvgIpc) is 2.72. The Morgan fingerprint density at radius 3 is 2.38 bits per heavy atom. The Morgan fingerprint density at radius 2 is 1.76 bits per heavy atom. The molecular formula is C22H27N3O4. The van der Waals surface area contributed by atoms with Gasteiger partial charge in [0, 0.05) is 24.1 Å². The Hall–Kier alpha value is -3.35. The van der Waals surface area contributed by atoms with Crippen molar-refractivity contribution < 1.29 is 19.2 Å². The molecule has 1 amide bonds. The second kappa shape index (κ2) is 10.3. The lowest BCUT2D eigenvalue weighted by atomic mass is 9.96. The number of ether oxygens (including phenoxy) is 1. The van der Waals surface area contributed by atoms with Crippen LogP contribution in [0.3, 0.4) is 0 Å². The highest BCUT2D eigenvalue weighted by molar-refractivity contribution is 6.45. The van der Waals surface area contributed by atoms with E-state index in [9.17, 15) is 4.79 Å². The molecule has 1 atom stereocenters. The second-order valence-electron chi connectivity index (χ2n) is 6.46. The zero-order valence-corrected chi connectivity index (χ0v) is 17.6. The first-order valence-corrected chi connectivity index (χ1v) is 9.21. The molecule has 0 fully saturated rings. The van der Waals surface area contributed by atoms with Gasteiger partial charge in [0.25, 0.3) is 5.91 Å². The van der Waals surface area contributed by atoms with Crippen LogP contribution in [0.5, 0.6) is 11.5 Å². The topological polar surface area (TPSA) is 81.5 Å². The minimum absolute atomic E-state index is 0.0280. The summed E-state index contributed by atoms with van der Waals surface area (Å²) in [4.78, 5) is 21.8. The molecule has 0 saturated carbocycles. The molecule has 0 aromatic heterocycles. The number of hydrogen-bond donors (Lipinski definition) is 1. The number of para-hydroxylation sites is 1. The average molecular weight is 397 g/mol. The molecule has 1 unspecified atom stereocenters. The van der Waals surface area contributed by atoms with E-state index in [0.717, 1.165) is 22.6 Å². The standard InChI is InChI=1S/C22H27N3O4/c1-14-13-17(11-12-18(14)21(25-28-6)22(26)23-4)29-20-10-8-7-9-19(20)15(2)16(3)24-27-5/h7-13,15H,1-6H3,(H,23,26). The van der Waals surface area contributed by atoms with E-state index in [0.29, 0.717) is 11.3 Å². The number of carbonyl (C=O) groups excluding carboxylic acids is 1. The normalized spacial score (nSPS) is 12.9. The van der Waals surface area contributed by atoms with Crippen LogP contribution >= 0.6 is 0 Å². The lowest BCUT2D eigenvalue weighted by Crippen LogP contribution is -2.29. The number of aryl methyl sites for hydroxylation is 1. The van der Waals surface area contributed by atoms with Gasteiger partial charge in [-0.25, -0.2) is 0 Å². The van der Waals surface area contributed by atoms with Gasteiger partial charge in [-0.3, -0.25) is 4.79 Å². The summed E-state index contributed by atoms with van der Waals surface area (Å²) in [5.41, 5.74) is 3.56. The maximum absolute atomic E-state index is 12.1. The number of nitrogens with one attached hydrogen (secondary N) is 1. The number of rotatable bonds is 8. The van der Waals surface area contributed by atoms with Crippen molar-refractivity contribution in [3.05, 3.63) is 59.2 Å². The number of nitrogens with zero attached hydrogens (tertiary/aromatic N) is 2. The van der Waals surface area contributed by atoms with Gasteiger partial charge in [-0.2, -0.15) is 0 Å². The van der Waals surface area contributed by atoms with Gasteiger partial charge in [0.05, 0.1) is 5.71 Å². The van der Waals surface area contributed by atoms with Crippen LogP contribution < -0.4 is 10.1 Å². The molecule has 2 aromatic carbocycles. The Labute approximate surface area is 171 Å². The zero-order chi connectivity index (χ0) is 21.4. The minimum atomic E-state index is -0.323. The van der Waals surface area contributed by atoms with Crippen LogP contribution in [0.25, 0.3) is 0 Å². The fraction of sp³-hybridized carbons (Fsp3) is 0.318. The van der Waals surface area contributed by atoms with E-state index in [2.05, 4.69) is 15.6 Å². The molecule has 0 saturated heterocycles. The molecule has 0 aliphatic rings. The monoisotopic (exact) mass is 397 g/mol. The van der Waals surface area contributed by atoms with Gasteiger partial charge in [0.15, 0.2) is 5.71 Å². The lowest BCUT2D eigenvalue weighted by Gasteiger charge is -2.17. The summed E-state index contributed by atoms with van der Waals surface area (Å²) in [6.45, 7) is 5.85. The summed E-state index contributed by atoms with van der Waals surface area (Å²) in [6.07, 6.45) is 0. The Morgan fingerprint density at radius 1 is 1.07 bits per heavy atom. The van der Waals surface area contributed by atoms with Crippen molar-refractivity contribution >= 4 is 17.3 Å². The number of likely N-dealkylation sites (N-methyl/N-ethyl adjacent to an activating group) is 1. The highest BCUT2D eigenvalue weighted by Crippen LogP contribution is 2.32. The van der Waals surface area contributed by atoms with Gasteiger partial charge < -0.3 is 19.7 Å². The molecule has 7 nitrogen and oxygen atoms in total. The van der Waals surface area contributed by atoms with Crippen molar-refractivity contribution in [2.45, 2.75) is 26.7 Å². The molecule has 0 aliphatic heterocycles. The van der Waals surface area contributed by atoms with E-state index in [1.165, 1.54) is 14.2 Å². The molecule has 0 spiro atoms. The number of oxime groups is 2. The molecule has 2 aromatic rings. The lowest BCUT2D eigenvalue weighted by molar-refractivity contribution is -0.114. The highest BCUT2D eigenvalue weighted by atomic mass is 16.6. The van der Waals surface area contributed by atoms with E-state index in [4.69, 9.17) is 14.4 Å². The SMILES string of the molecule is CNC(=O)C(=NOC)c1ccc(Oc2ccccc2C(C)C(C)=NOC)cc1C. The number of benzene rings is 2. The molecule has 0 radical (unpaired) electrons. The third-order valence-electron chi connectivity index (χ3n) is 4.55. The van der Waals surface area contributed by atoms with Crippen LogP contribution in [0.4, 0.5) is 0 Å². The number of carbonyl (C=O) groups is 1. The quantitative estimate of drug-likeness (QED) is 0.539. The molecular weight excluding hydrogens is 370 g/mol. The molecule has 0 heterocycles. The molecule has 1 N–H and O–H groups in total. The van der Waals surface area contributed by atoms with E-state index >= 15 is 0 Å². The molecule has 29 heavy (non-hydrogen) atoms. The van der Waals surface area contributed by atoms with Crippen LogP contribution in [0.15, 0.2) is 52.8 Å². The smallest absolute Gasteiger partial charge is 0.273 e. The first kappa shape index (κ1) is 21.9. The molecule has 0 aliphatic carbocycles. The van der Waals surface area contributed by atoms with E-state index in [1.54, 1.807) is 19.2 Å². The van der Waals surface area contributed by atoms with Crippen LogP contribution in [-0.2, 0) is 14.5 Å². The fourth-order valence-electron chi connectivity index (χ4n) is 2.89. The van der Waals surface area contributed by atoms with E-state index in [-0.39, 0.29) is 17.5 Å². The van der Waals surface area contributed by atoms with Gasteiger partial charge in [0.2, 0.25) is 0 Å². The summed E-state index contributed by atoms with van der Waals surface area (Å²) in [5.74, 6) is 1.09. The largest absolute Gasteiger partial charge is 0.457 e. The molecule has 7 heteroatoms. The Kier molecular flexibility index (Phi) is 7.77. The summed E-state index contributed by atoms with van der Waals surface area (Å²) in [5, 5.41) is 10.5. The summed E-state index contributed by atoms with van der Waals surface area (Å²) < 4.78 is 6.15. The second-order valence-corrected chi connectivity index (χ2v) is 6.46.